The molecule has 1 N–H and O–H groups in total. The largest absolute Gasteiger partial charge is 0.496 e. The highest BCUT2D eigenvalue weighted by atomic mass is 32.2. The van der Waals surface area contributed by atoms with Crippen molar-refractivity contribution in [3.8, 4) is 28.4 Å². The van der Waals surface area contributed by atoms with Gasteiger partial charge in [-0.1, -0.05) is 6.07 Å². The molecule has 0 atom stereocenters. The first-order valence-electron chi connectivity index (χ1n) is 7.39. The van der Waals surface area contributed by atoms with Crippen LogP contribution in [0.1, 0.15) is 0 Å². The Balaban J connectivity index is 1.81. The van der Waals surface area contributed by atoms with Crippen molar-refractivity contribution in [1.82, 2.24) is 4.72 Å². The Morgan fingerprint density at radius 3 is 2.64 bits per heavy atom. The van der Waals surface area contributed by atoms with Crippen LogP contribution in [0.3, 0.4) is 0 Å². The highest BCUT2D eigenvalue weighted by Gasteiger charge is 2.34. The minimum Gasteiger partial charge on any atom is -0.496 e. The van der Waals surface area contributed by atoms with E-state index in [0.717, 1.165) is 9.87 Å². The van der Waals surface area contributed by atoms with Crippen molar-refractivity contribution in [2.45, 2.75) is 0 Å². The molecule has 4 rings (SSSR count). The van der Waals surface area contributed by atoms with Gasteiger partial charge < -0.3 is 14.2 Å². The maximum absolute atomic E-state index is 12.1. The van der Waals surface area contributed by atoms with Gasteiger partial charge in [0.1, 0.15) is 12.3 Å². The predicted molar refractivity (Wildman–Crippen MR) is 89.0 cm³/mol. The number of nitrogens with one attached hydrogen (secondary N) is 1. The topological polar surface area (TPSA) is 94.2 Å². The molecule has 2 aliphatic rings. The van der Waals surface area contributed by atoms with Crippen molar-refractivity contribution < 1.29 is 27.4 Å². The molecule has 1 saturated heterocycles. The molecule has 0 radical (unpaired) electrons. The van der Waals surface area contributed by atoms with Gasteiger partial charge in [-0.2, -0.15) is 8.42 Å². The molecule has 0 aromatic heterocycles. The van der Waals surface area contributed by atoms with Gasteiger partial charge in [-0.05, 0) is 35.9 Å². The van der Waals surface area contributed by atoms with Gasteiger partial charge in [-0.3, -0.25) is 4.79 Å². The Morgan fingerprint density at radius 1 is 1.12 bits per heavy atom. The average Bonchev–Trinajstić information content (AvgIpc) is 3.16. The molecule has 0 spiro atoms. The van der Waals surface area contributed by atoms with Crippen LogP contribution in [0.4, 0.5) is 5.69 Å². The van der Waals surface area contributed by atoms with Crippen LogP contribution >= 0.6 is 0 Å². The van der Waals surface area contributed by atoms with Crippen LogP contribution in [0.2, 0.25) is 0 Å². The predicted octanol–water partition coefficient (Wildman–Crippen LogP) is 1.27. The summed E-state index contributed by atoms with van der Waals surface area (Å²) < 4.78 is 43.2. The fraction of sp³-hybridized carbons (Fsp3) is 0.188. The molecule has 2 heterocycles. The summed E-state index contributed by atoms with van der Waals surface area (Å²) in [5.74, 6) is 1.25. The van der Waals surface area contributed by atoms with E-state index in [1.165, 1.54) is 7.11 Å². The number of ether oxygens (including phenoxy) is 3. The van der Waals surface area contributed by atoms with Gasteiger partial charge in [0.15, 0.2) is 11.5 Å². The molecular weight excluding hydrogens is 348 g/mol. The van der Waals surface area contributed by atoms with Crippen molar-refractivity contribution in [3.63, 3.8) is 0 Å². The molecule has 1 amide bonds. The molecule has 2 aliphatic heterocycles. The van der Waals surface area contributed by atoms with Crippen molar-refractivity contribution in [3.05, 3.63) is 36.4 Å². The van der Waals surface area contributed by atoms with E-state index in [9.17, 15) is 13.2 Å². The fourth-order valence-electron chi connectivity index (χ4n) is 2.82. The zero-order valence-corrected chi connectivity index (χ0v) is 14.0. The van der Waals surface area contributed by atoms with Crippen molar-refractivity contribution in [1.29, 1.82) is 0 Å². The summed E-state index contributed by atoms with van der Waals surface area (Å²) in [7, 11) is -2.34. The summed E-state index contributed by atoms with van der Waals surface area (Å²) in [5.41, 5.74) is 1.82. The van der Waals surface area contributed by atoms with Gasteiger partial charge >= 0.3 is 10.2 Å². The van der Waals surface area contributed by atoms with Gasteiger partial charge in [-0.15, -0.1) is 0 Å². The Kier molecular flexibility index (Phi) is 3.46. The average molecular weight is 362 g/mol. The van der Waals surface area contributed by atoms with Gasteiger partial charge in [-0.25, -0.2) is 9.03 Å². The fourth-order valence-corrected chi connectivity index (χ4v) is 3.96. The first-order valence-corrected chi connectivity index (χ1v) is 8.83. The lowest BCUT2D eigenvalue weighted by Gasteiger charge is -2.17. The third-order valence-electron chi connectivity index (χ3n) is 3.97. The molecule has 130 valence electrons. The lowest BCUT2D eigenvalue weighted by atomic mass is 10.0. The van der Waals surface area contributed by atoms with Crippen molar-refractivity contribution >= 4 is 21.8 Å². The second-order valence-electron chi connectivity index (χ2n) is 5.49. The number of amides is 1. The summed E-state index contributed by atoms with van der Waals surface area (Å²) >= 11 is 0. The first kappa shape index (κ1) is 15.6. The number of benzene rings is 2. The number of carbonyl (C=O) groups excluding carboxylic acids is 1. The van der Waals surface area contributed by atoms with Gasteiger partial charge in [0.05, 0.1) is 12.8 Å². The second-order valence-corrected chi connectivity index (χ2v) is 7.08. The van der Waals surface area contributed by atoms with E-state index in [1.807, 2.05) is 10.8 Å². The van der Waals surface area contributed by atoms with E-state index in [1.54, 1.807) is 30.3 Å². The normalized spacial score (nSPS) is 17.5. The summed E-state index contributed by atoms with van der Waals surface area (Å²) in [5, 5.41) is 0. The zero-order valence-electron chi connectivity index (χ0n) is 13.2. The van der Waals surface area contributed by atoms with Crippen molar-refractivity contribution in [2.75, 3.05) is 24.8 Å². The molecule has 8 nitrogen and oxygen atoms in total. The SMILES string of the molecule is COc1ccc(N2CC(=O)NS2(=O)=O)cc1-c1ccc2c(c1)OCO2. The molecule has 9 heteroatoms. The number of anilines is 1. The molecular formula is C16H14N2O6S. The van der Waals surface area contributed by atoms with E-state index in [4.69, 9.17) is 14.2 Å². The molecule has 0 unspecified atom stereocenters. The second kappa shape index (κ2) is 5.55. The molecule has 2 aromatic rings. The lowest BCUT2D eigenvalue weighted by Crippen LogP contribution is -2.29. The van der Waals surface area contributed by atoms with Gasteiger partial charge in [0.25, 0.3) is 5.91 Å². The van der Waals surface area contributed by atoms with E-state index in [2.05, 4.69) is 0 Å². The van der Waals surface area contributed by atoms with Crippen LogP contribution < -0.4 is 23.2 Å². The van der Waals surface area contributed by atoms with E-state index in [0.29, 0.717) is 28.5 Å². The van der Waals surface area contributed by atoms with Crippen LogP contribution in [-0.4, -0.2) is 34.8 Å². The Bertz CT molecular complexity index is 973. The zero-order chi connectivity index (χ0) is 17.6. The molecule has 2 aromatic carbocycles. The minimum absolute atomic E-state index is 0.162. The minimum atomic E-state index is -3.87. The monoisotopic (exact) mass is 362 g/mol. The Hall–Kier alpha value is -2.94. The summed E-state index contributed by atoms with van der Waals surface area (Å²) in [6.45, 7) is -0.0923. The van der Waals surface area contributed by atoms with Crippen LogP contribution in [0.5, 0.6) is 17.2 Å². The van der Waals surface area contributed by atoms with Crippen molar-refractivity contribution in [2.24, 2.45) is 0 Å². The number of fused-ring (bicyclic) bond motifs is 1. The van der Waals surface area contributed by atoms with Crippen LogP contribution in [0, 0.1) is 0 Å². The van der Waals surface area contributed by atoms with Crippen LogP contribution in [-0.2, 0) is 15.0 Å². The highest BCUT2D eigenvalue weighted by Crippen LogP contribution is 2.40. The van der Waals surface area contributed by atoms with Gasteiger partial charge in [0.2, 0.25) is 6.79 Å². The summed E-state index contributed by atoms with van der Waals surface area (Å²) in [6, 6.07) is 10.3. The first-order chi connectivity index (χ1) is 12.0. The summed E-state index contributed by atoms with van der Waals surface area (Å²) in [6.07, 6.45) is 0. The van der Waals surface area contributed by atoms with E-state index < -0.39 is 16.1 Å². The van der Waals surface area contributed by atoms with E-state index in [-0.39, 0.29) is 13.3 Å². The third kappa shape index (κ3) is 2.62. The molecule has 0 aliphatic carbocycles. The number of carbonyl (C=O) groups is 1. The van der Waals surface area contributed by atoms with Crippen LogP contribution in [0.15, 0.2) is 36.4 Å². The Labute approximate surface area is 144 Å². The maximum atomic E-state index is 12.1. The maximum Gasteiger partial charge on any atom is 0.326 e. The lowest BCUT2D eigenvalue weighted by molar-refractivity contribution is -0.117. The molecule has 0 bridgehead atoms. The number of hydrogen-bond donors (Lipinski definition) is 1. The quantitative estimate of drug-likeness (QED) is 0.884. The van der Waals surface area contributed by atoms with Gasteiger partial charge in [0, 0.05) is 5.56 Å². The van der Waals surface area contributed by atoms with E-state index >= 15 is 0 Å². The number of hydrogen-bond acceptors (Lipinski definition) is 6. The number of methoxy groups -OCH3 is 1. The standard InChI is InChI=1S/C16H14N2O6S/c1-22-13-5-3-11(18-8-16(19)17-25(18,20)21)7-12(13)10-2-4-14-15(6-10)24-9-23-14/h2-7H,8-9H2,1H3,(H,17,19). The smallest absolute Gasteiger partial charge is 0.326 e. The molecule has 1 fully saturated rings. The number of nitrogens with zero attached hydrogens (tertiary/aromatic N) is 1. The third-order valence-corrected chi connectivity index (χ3v) is 5.38. The number of rotatable bonds is 3. The Morgan fingerprint density at radius 2 is 1.92 bits per heavy atom. The van der Waals surface area contributed by atoms with Crippen LogP contribution in [0.25, 0.3) is 11.1 Å². The molecule has 0 saturated carbocycles. The molecule has 25 heavy (non-hydrogen) atoms. The summed E-state index contributed by atoms with van der Waals surface area (Å²) in [4.78, 5) is 11.5. The highest BCUT2D eigenvalue weighted by molar-refractivity contribution is 7.92.